The summed E-state index contributed by atoms with van der Waals surface area (Å²) in [5, 5.41) is 3.40. The maximum atomic E-state index is 12.6. The zero-order valence-electron chi connectivity index (χ0n) is 13.8. The molecule has 1 amide bonds. The molecule has 0 radical (unpaired) electrons. The molecule has 0 unspecified atom stereocenters. The van der Waals surface area contributed by atoms with Crippen LogP contribution in [0, 0.1) is 0 Å². The topological polar surface area (TPSA) is 68.5 Å². The number of amides is 1. The van der Waals surface area contributed by atoms with Crippen molar-refractivity contribution in [1.82, 2.24) is 15.0 Å². The van der Waals surface area contributed by atoms with Crippen molar-refractivity contribution >= 4 is 17.4 Å². The summed E-state index contributed by atoms with van der Waals surface area (Å²) < 4.78 is 47.3. The number of halogens is 3. The average molecular weight is 375 g/mol. The second-order valence-corrected chi connectivity index (χ2v) is 7.77. The van der Waals surface area contributed by atoms with Crippen molar-refractivity contribution < 1.29 is 27.2 Å². The fourth-order valence-electron chi connectivity index (χ4n) is 2.36. The molecule has 0 N–H and O–H groups in total. The smallest absolute Gasteiger partial charge is 0.444 e. The fourth-order valence-corrected chi connectivity index (χ4v) is 3.45. The molecule has 3 rings (SSSR count). The quantitative estimate of drug-likeness (QED) is 0.750. The first-order valence-corrected chi connectivity index (χ1v) is 8.35. The zero-order valence-corrected chi connectivity index (χ0v) is 14.6. The number of nitrogens with zero attached hydrogens (tertiary/aromatic N) is 3. The van der Waals surface area contributed by atoms with E-state index >= 15 is 0 Å². The molecule has 1 aliphatic rings. The van der Waals surface area contributed by atoms with Gasteiger partial charge < -0.3 is 14.2 Å². The van der Waals surface area contributed by atoms with Gasteiger partial charge in [-0.3, -0.25) is 0 Å². The first-order valence-electron chi connectivity index (χ1n) is 7.54. The Labute approximate surface area is 145 Å². The minimum Gasteiger partial charge on any atom is -0.444 e. The Morgan fingerprint density at radius 3 is 2.68 bits per heavy atom. The van der Waals surface area contributed by atoms with Crippen molar-refractivity contribution in [3.8, 4) is 10.7 Å². The summed E-state index contributed by atoms with van der Waals surface area (Å²) in [6.45, 7) is 6.19. The van der Waals surface area contributed by atoms with Crippen LogP contribution in [0.2, 0.25) is 0 Å². The molecule has 0 atom stereocenters. The van der Waals surface area contributed by atoms with Crippen molar-refractivity contribution in [2.75, 3.05) is 6.54 Å². The molecule has 25 heavy (non-hydrogen) atoms. The first-order chi connectivity index (χ1) is 11.5. The van der Waals surface area contributed by atoms with Crippen LogP contribution in [-0.4, -0.2) is 33.3 Å². The number of hydrogen-bond acceptors (Lipinski definition) is 6. The van der Waals surface area contributed by atoms with E-state index < -0.39 is 23.8 Å². The summed E-state index contributed by atoms with van der Waals surface area (Å²) in [6.07, 6.45) is -4.48. The van der Waals surface area contributed by atoms with Gasteiger partial charge in [-0.25, -0.2) is 4.79 Å². The number of aromatic nitrogens is 2. The van der Waals surface area contributed by atoms with Crippen molar-refractivity contribution in [1.29, 1.82) is 0 Å². The molecule has 0 bridgehead atoms. The highest BCUT2D eigenvalue weighted by Gasteiger charge is 2.39. The summed E-state index contributed by atoms with van der Waals surface area (Å²) in [4.78, 5) is 18.6. The summed E-state index contributed by atoms with van der Waals surface area (Å²) >= 11 is 1.31. The van der Waals surface area contributed by atoms with Gasteiger partial charge in [-0.1, -0.05) is 5.16 Å². The SMILES string of the molecule is CC(C)(C)OC(=O)N1CCc2sc(-c3noc(C(F)(F)F)n3)cc2C1. The Morgan fingerprint density at radius 2 is 2.08 bits per heavy atom. The molecule has 6 nitrogen and oxygen atoms in total. The number of rotatable bonds is 1. The molecule has 136 valence electrons. The van der Waals surface area contributed by atoms with Gasteiger partial charge in [0.05, 0.1) is 11.4 Å². The molecule has 0 saturated carbocycles. The van der Waals surface area contributed by atoms with Crippen molar-refractivity contribution in [2.45, 2.75) is 45.5 Å². The average Bonchev–Trinajstić information content (AvgIpc) is 3.10. The van der Waals surface area contributed by atoms with Crippen LogP contribution in [0.1, 0.15) is 37.1 Å². The molecular formula is C15H16F3N3O3S. The van der Waals surface area contributed by atoms with Crippen molar-refractivity contribution in [3.63, 3.8) is 0 Å². The van der Waals surface area contributed by atoms with Crippen molar-refractivity contribution in [2.24, 2.45) is 0 Å². The van der Waals surface area contributed by atoms with E-state index in [1.165, 1.54) is 11.3 Å². The summed E-state index contributed by atoms with van der Waals surface area (Å²) in [6, 6.07) is 1.70. The second-order valence-electron chi connectivity index (χ2n) is 6.63. The Kier molecular flexibility index (Phi) is 4.26. The van der Waals surface area contributed by atoms with Gasteiger partial charge in [0, 0.05) is 11.4 Å². The van der Waals surface area contributed by atoms with Crippen molar-refractivity contribution in [3.05, 3.63) is 22.4 Å². The number of hydrogen-bond donors (Lipinski definition) is 0. The highest BCUT2D eigenvalue weighted by atomic mass is 32.1. The summed E-state index contributed by atoms with van der Waals surface area (Å²) in [5.41, 5.74) is 0.269. The van der Waals surface area contributed by atoms with Crippen LogP contribution in [0.4, 0.5) is 18.0 Å². The van der Waals surface area contributed by atoms with E-state index in [4.69, 9.17) is 4.74 Å². The number of fused-ring (bicyclic) bond motifs is 1. The fraction of sp³-hybridized carbons (Fsp3) is 0.533. The third kappa shape index (κ3) is 3.94. The number of thiophene rings is 1. The highest BCUT2D eigenvalue weighted by Crippen LogP contribution is 2.35. The number of ether oxygens (including phenoxy) is 1. The molecule has 2 aromatic heterocycles. The van der Waals surface area contributed by atoms with Gasteiger partial charge >= 0.3 is 18.2 Å². The standard InChI is InChI=1S/C15H16F3N3O3S/c1-14(2,3)23-13(22)21-5-4-9-8(7-21)6-10(25-9)11-19-12(24-20-11)15(16,17)18/h6H,4-5,7H2,1-3H3. The third-order valence-corrected chi connectivity index (χ3v) is 4.64. The Hall–Kier alpha value is -2.10. The van der Waals surface area contributed by atoms with Crippen LogP contribution in [0.3, 0.4) is 0 Å². The van der Waals surface area contributed by atoms with Crippen LogP contribution >= 0.6 is 11.3 Å². The van der Waals surface area contributed by atoms with E-state index in [9.17, 15) is 18.0 Å². The van der Waals surface area contributed by atoms with Gasteiger partial charge in [0.15, 0.2) is 0 Å². The lowest BCUT2D eigenvalue weighted by Gasteiger charge is -2.29. The van der Waals surface area contributed by atoms with E-state index in [1.54, 1.807) is 31.7 Å². The zero-order chi connectivity index (χ0) is 18.4. The maximum absolute atomic E-state index is 12.6. The lowest BCUT2D eigenvalue weighted by molar-refractivity contribution is -0.159. The normalized spacial score (nSPS) is 15.2. The highest BCUT2D eigenvalue weighted by molar-refractivity contribution is 7.15. The molecule has 1 aliphatic heterocycles. The Bertz CT molecular complexity index is 792. The molecule has 10 heteroatoms. The molecule has 2 aromatic rings. The minimum atomic E-state index is -4.67. The second kappa shape index (κ2) is 6.01. The first kappa shape index (κ1) is 17.7. The number of alkyl halides is 3. The number of carbonyl (C=O) groups excluding carboxylic acids is 1. The van der Waals surface area contributed by atoms with Gasteiger partial charge in [0.25, 0.3) is 0 Å². The van der Waals surface area contributed by atoms with E-state index in [0.29, 0.717) is 24.4 Å². The van der Waals surface area contributed by atoms with Gasteiger partial charge in [0.2, 0.25) is 5.82 Å². The van der Waals surface area contributed by atoms with Crippen LogP contribution in [-0.2, 0) is 23.9 Å². The summed E-state index contributed by atoms with van der Waals surface area (Å²) in [7, 11) is 0. The minimum absolute atomic E-state index is 0.101. The molecule has 3 heterocycles. The van der Waals surface area contributed by atoms with Gasteiger partial charge in [0.1, 0.15) is 5.60 Å². The molecular weight excluding hydrogens is 359 g/mol. The maximum Gasteiger partial charge on any atom is 0.471 e. The lowest BCUT2D eigenvalue weighted by Crippen LogP contribution is -2.39. The summed E-state index contributed by atoms with van der Waals surface area (Å²) in [5.74, 6) is -1.47. The predicted octanol–water partition coefficient (Wildman–Crippen LogP) is 4.11. The van der Waals surface area contributed by atoms with Gasteiger partial charge in [-0.2, -0.15) is 18.2 Å². The Morgan fingerprint density at radius 1 is 1.36 bits per heavy atom. The van der Waals surface area contributed by atoms with Crippen LogP contribution in [0.15, 0.2) is 10.6 Å². The Balaban J connectivity index is 1.77. The van der Waals surface area contributed by atoms with Crippen LogP contribution in [0.5, 0.6) is 0 Å². The van der Waals surface area contributed by atoms with E-state index in [-0.39, 0.29) is 5.82 Å². The monoisotopic (exact) mass is 375 g/mol. The van der Waals surface area contributed by atoms with Gasteiger partial charge in [-0.05, 0) is 38.8 Å². The molecule has 0 aromatic carbocycles. The molecule has 0 spiro atoms. The largest absolute Gasteiger partial charge is 0.471 e. The van der Waals surface area contributed by atoms with E-state index in [0.717, 1.165) is 10.4 Å². The molecule has 0 fully saturated rings. The van der Waals surface area contributed by atoms with E-state index in [2.05, 4.69) is 14.7 Å². The lowest BCUT2D eigenvalue weighted by atomic mass is 10.1. The molecule has 0 saturated heterocycles. The van der Waals surface area contributed by atoms with Gasteiger partial charge in [-0.15, -0.1) is 11.3 Å². The van der Waals surface area contributed by atoms with Crippen LogP contribution in [0.25, 0.3) is 10.7 Å². The number of carbonyl (C=O) groups is 1. The van der Waals surface area contributed by atoms with Crippen LogP contribution < -0.4 is 0 Å². The third-order valence-electron chi connectivity index (χ3n) is 3.41. The molecule has 0 aliphatic carbocycles. The predicted molar refractivity (Wildman–Crippen MR) is 83.0 cm³/mol. The van der Waals surface area contributed by atoms with E-state index in [1.807, 2.05) is 0 Å².